The molecule has 0 radical (unpaired) electrons. The molecular weight excluding hydrogens is 364 g/mol. The summed E-state index contributed by atoms with van der Waals surface area (Å²) in [6, 6.07) is -1.28. The van der Waals surface area contributed by atoms with E-state index in [-0.39, 0.29) is 35.1 Å². The fraction of sp³-hybridized carbons (Fsp3) is 0.889. The zero-order valence-electron chi connectivity index (χ0n) is 18.2. The molecule has 1 heterocycles. The summed E-state index contributed by atoms with van der Waals surface area (Å²) in [6.45, 7) is 21.8. The quantitative estimate of drug-likeness (QED) is 0.670. The van der Waals surface area contributed by atoms with Crippen molar-refractivity contribution in [3.63, 3.8) is 0 Å². The van der Waals surface area contributed by atoms with Crippen LogP contribution in [0.3, 0.4) is 0 Å². The first-order valence-corrected chi connectivity index (χ1v) is 15.2. The van der Waals surface area contributed by atoms with Crippen LogP contribution in [0.2, 0.25) is 36.3 Å². The Bertz CT molecular complexity index is 488. The van der Waals surface area contributed by atoms with Crippen molar-refractivity contribution in [3.8, 4) is 0 Å². The molecule has 1 fully saturated rings. The maximum Gasteiger partial charge on any atom is 0.245 e. The molecule has 2 amide bonds. The van der Waals surface area contributed by atoms with Crippen LogP contribution in [0, 0.1) is 0 Å². The molecule has 0 aliphatic carbocycles. The van der Waals surface area contributed by atoms with Crippen molar-refractivity contribution in [2.75, 3.05) is 13.2 Å². The predicted molar refractivity (Wildman–Crippen MR) is 110 cm³/mol. The average molecular weight is 403 g/mol. The number of nitrogens with one attached hydrogen (secondary N) is 2. The van der Waals surface area contributed by atoms with Gasteiger partial charge >= 0.3 is 0 Å². The molecule has 2 N–H and O–H groups in total. The second-order valence-electron chi connectivity index (χ2n) is 10.3. The lowest BCUT2D eigenvalue weighted by atomic mass is 10.1. The number of rotatable bonds is 6. The number of hydrogen-bond donors (Lipinski definition) is 2. The van der Waals surface area contributed by atoms with Crippen LogP contribution in [0.5, 0.6) is 0 Å². The largest absolute Gasteiger partial charge is 0.414 e. The molecule has 1 saturated heterocycles. The van der Waals surface area contributed by atoms with E-state index in [0.29, 0.717) is 0 Å². The van der Waals surface area contributed by atoms with E-state index >= 15 is 0 Å². The summed E-state index contributed by atoms with van der Waals surface area (Å²) in [5, 5.41) is 5.71. The lowest BCUT2D eigenvalue weighted by molar-refractivity contribution is -0.138. The molecule has 8 heteroatoms. The van der Waals surface area contributed by atoms with Gasteiger partial charge in [-0.15, -0.1) is 0 Å². The van der Waals surface area contributed by atoms with Gasteiger partial charge in [0.2, 0.25) is 11.8 Å². The molecule has 0 unspecified atom stereocenters. The maximum absolute atomic E-state index is 12.4. The van der Waals surface area contributed by atoms with E-state index in [1.807, 2.05) is 0 Å². The van der Waals surface area contributed by atoms with Gasteiger partial charge in [-0.05, 0) is 36.3 Å². The summed E-state index contributed by atoms with van der Waals surface area (Å²) in [6.07, 6.45) is 0. The van der Waals surface area contributed by atoms with Crippen molar-refractivity contribution in [3.05, 3.63) is 0 Å². The highest BCUT2D eigenvalue weighted by Crippen LogP contribution is 2.37. The van der Waals surface area contributed by atoms with Crippen LogP contribution in [0.25, 0.3) is 0 Å². The maximum atomic E-state index is 12.4. The first kappa shape index (κ1) is 23.3. The second-order valence-corrected chi connectivity index (χ2v) is 19.9. The van der Waals surface area contributed by atoms with Gasteiger partial charge in [0.15, 0.2) is 16.6 Å². The molecule has 0 aromatic carbocycles. The normalized spacial score (nSPS) is 22.8. The van der Waals surface area contributed by atoms with Crippen LogP contribution in [0.1, 0.15) is 41.5 Å². The Balaban J connectivity index is 2.63. The van der Waals surface area contributed by atoms with E-state index in [1.54, 1.807) is 0 Å². The van der Waals surface area contributed by atoms with E-state index in [4.69, 9.17) is 8.85 Å². The van der Waals surface area contributed by atoms with Crippen LogP contribution in [0.15, 0.2) is 0 Å². The molecule has 26 heavy (non-hydrogen) atoms. The Morgan fingerprint density at radius 3 is 1.23 bits per heavy atom. The van der Waals surface area contributed by atoms with Crippen molar-refractivity contribution in [2.45, 2.75) is 89.9 Å². The van der Waals surface area contributed by atoms with Gasteiger partial charge in [-0.1, -0.05) is 41.5 Å². The van der Waals surface area contributed by atoms with E-state index < -0.39 is 28.7 Å². The molecular formula is C18H38N2O4Si2. The van der Waals surface area contributed by atoms with Gasteiger partial charge in [0.05, 0.1) is 13.2 Å². The molecule has 1 rings (SSSR count). The van der Waals surface area contributed by atoms with Crippen LogP contribution in [-0.2, 0) is 18.4 Å². The number of hydrogen-bond acceptors (Lipinski definition) is 4. The SMILES string of the molecule is CC(C)(C)[Si](C)(C)OC[C@@H]1NC(=O)[C@H](CO[Si](C)(C)C(C)(C)C)NC1=O. The van der Waals surface area contributed by atoms with Crippen molar-refractivity contribution in [2.24, 2.45) is 0 Å². The summed E-state index contributed by atoms with van der Waals surface area (Å²) in [7, 11) is -3.94. The summed E-state index contributed by atoms with van der Waals surface area (Å²) in [5.41, 5.74) is 0. The van der Waals surface area contributed by atoms with Crippen LogP contribution in [-0.4, -0.2) is 53.7 Å². The Hall–Kier alpha value is -0.706. The Kier molecular flexibility index (Phi) is 6.94. The van der Waals surface area contributed by atoms with Gasteiger partial charge in [-0.2, -0.15) is 0 Å². The lowest BCUT2D eigenvalue weighted by Crippen LogP contribution is -2.65. The number of amides is 2. The molecule has 152 valence electrons. The fourth-order valence-corrected chi connectivity index (χ4v) is 3.96. The highest BCUT2D eigenvalue weighted by molar-refractivity contribution is 6.74. The van der Waals surface area contributed by atoms with Crippen molar-refractivity contribution < 1.29 is 18.4 Å². The third-order valence-corrected chi connectivity index (χ3v) is 15.1. The van der Waals surface area contributed by atoms with Gasteiger partial charge in [0.25, 0.3) is 0 Å². The zero-order chi connectivity index (χ0) is 20.6. The van der Waals surface area contributed by atoms with E-state index in [9.17, 15) is 9.59 Å². The van der Waals surface area contributed by atoms with Crippen LogP contribution in [0.4, 0.5) is 0 Å². The molecule has 1 aliphatic heterocycles. The first-order valence-electron chi connectivity index (χ1n) is 9.37. The van der Waals surface area contributed by atoms with E-state index in [1.165, 1.54) is 0 Å². The van der Waals surface area contributed by atoms with Gasteiger partial charge in [0.1, 0.15) is 12.1 Å². The molecule has 0 aromatic rings. The third kappa shape index (κ3) is 5.64. The van der Waals surface area contributed by atoms with Gasteiger partial charge in [0, 0.05) is 0 Å². The standard InChI is InChI=1S/C18H38N2O4Si2/c1-17(2,3)25(7,8)23-11-13-15(21)20-14(16(22)19-13)12-24-26(9,10)18(4,5)6/h13-14H,11-12H2,1-10H3,(H,19,22)(H,20,21)/t13-,14-/m0/s1. The Labute approximate surface area is 161 Å². The molecule has 1 aliphatic rings. The smallest absolute Gasteiger partial charge is 0.245 e. The minimum atomic E-state index is -1.97. The molecule has 0 spiro atoms. The van der Waals surface area contributed by atoms with Crippen LogP contribution >= 0.6 is 0 Å². The highest BCUT2D eigenvalue weighted by Gasteiger charge is 2.42. The summed E-state index contributed by atoms with van der Waals surface area (Å²) in [4.78, 5) is 24.8. The lowest BCUT2D eigenvalue weighted by Gasteiger charge is -2.39. The van der Waals surface area contributed by atoms with E-state index in [0.717, 1.165) is 0 Å². The number of piperazine rings is 1. The fourth-order valence-electron chi connectivity index (χ4n) is 1.93. The summed E-state index contributed by atoms with van der Waals surface area (Å²) in [5.74, 6) is -0.403. The topological polar surface area (TPSA) is 76.7 Å². The van der Waals surface area contributed by atoms with Crippen molar-refractivity contribution >= 4 is 28.4 Å². The Morgan fingerprint density at radius 1 is 0.731 bits per heavy atom. The minimum Gasteiger partial charge on any atom is -0.414 e. The van der Waals surface area contributed by atoms with E-state index in [2.05, 4.69) is 78.4 Å². The Morgan fingerprint density at radius 2 is 1.00 bits per heavy atom. The van der Waals surface area contributed by atoms with Crippen molar-refractivity contribution in [1.82, 2.24) is 10.6 Å². The average Bonchev–Trinajstić information content (AvgIpc) is 2.44. The monoisotopic (exact) mass is 402 g/mol. The van der Waals surface area contributed by atoms with Gasteiger partial charge < -0.3 is 19.5 Å². The first-order chi connectivity index (χ1) is 11.5. The highest BCUT2D eigenvalue weighted by atomic mass is 28.4. The molecule has 0 aromatic heterocycles. The van der Waals surface area contributed by atoms with Crippen LogP contribution < -0.4 is 10.6 Å². The molecule has 2 atom stereocenters. The number of carbonyl (C=O) groups is 2. The molecule has 0 bridgehead atoms. The van der Waals surface area contributed by atoms with Gasteiger partial charge in [-0.3, -0.25) is 9.59 Å². The third-order valence-electron chi connectivity index (χ3n) is 6.10. The van der Waals surface area contributed by atoms with Crippen molar-refractivity contribution in [1.29, 1.82) is 0 Å². The number of carbonyl (C=O) groups excluding carboxylic acids is 2. The predicted octanol–water partition coefficient (Wildman–Crippen LogP) is 3.01. The molecule has 0 saturated carbocycles. The van der Waals surface area contributed by atoms with Gasteiger partial charge in [-0.25, -0.2) is 0 Å². The summed E-state index contributed by atoms with van der Waals surface area (Å²) >= 11 is 0. The second kappa shape index (κ2) is 7.73. The molecule has 6 nitrogen and oxygen atoms in total. The minimum absolute atomic E-state index is 0.0572. The summed E-state index contributed by atoms with van der Waals surface area (Å²) < 4.78 is 12.2. The zero-order valence-corrected chi connectivity index (χ0v) is 20.2.